The van der Waals surface area contributed by atoms with E-state index in [1.165, 1.54) is 11.1 Å². The molecule has 0 aliphatic carbocycles. The van der Waals surface area contributed by atoms with Gasteiger partial charge in [-0.05, 0) is 50.5 Å². The van der Waals surface area contributed by atoms with E-state index in [1.807, 2.05) is 44.2 Å². The topological polar surface area (TPSA) is 46.9 Å². The van der Waals surface area contributed by atoms with Crippen molar-refractivity contribution in [3.05, 3.63) is 65.0 Å². The Morgan fingerprint density at radius 3 is 2.65 bits per heavy atom. The van der Waals surface area contributed by atoms with Gasteiger partial charge < -0.3 is 9.88 Å². The molecule has 3 rings (SSSR count). The van der Waals surface area contributed by atoms with Crippen molar-refractivity contribution in [3.8, 4) is 0 Å². The Bertz CT molecular complexity index is 911. The lowest BCUT2D eigenvalue weighted by Gasteiger charge is -2.08. The van der Waals surface area contributed by atoms with Crippen molar-refractivity contribution in [2.75, 3.05) is 6.54 Å². The number of para-hydroxylation sites is 2. The van der Waals surface area contributed by atoms with Crippen LogP contribution in [0.15, 0.2) is 42.5 Å². The zero-order chi connectivity index (χ0) is 18.5. The minimum absolute atomic E-state index is 0.0258. The number of nitrogens with one attached hydrogen (secondary N) is 1. The van der Waals surface area contributed by atoms with E-state index in [2.05, 4.69) is 29.1 Å². The van der Waals surface area contributed by atoms with E-state index in [0.717, 1.165) is 48.2 Å². The third-order valence-electron chi connectivity index (χ3n) is 4.87. The second kappa shape index (κ2) is 8.17. The van der Waals surface area contributed by atoms with E-state index in [4.69, 9.17) is 4.98 Å². The highest BCUT2D eigenvalue weighted by Crippen LogP contribution is 2.16. The number of carbonyl (C=O) groups is 1. The summed E-state index contributed by atoms with van der Waals surface area (Å²) in [5.74, 6) is 1.16. The fourth-order valence-electron chi connectivity index (χ4n) is 3.37. The molecule has 1 amide bonds. The Hall–Kier alpha value is -2.62. The van der Waals surface area contributed by atoms with Gasteiger partial charge in [-0.1, -0.05) is 36.2 Å². The molecule has 0 unspecified atom stereocenters. The summed E-state index contributed by atoms with van der Waals surface area (Å²) in [7, 11) is 2.08. The van der Waals surface area contributed by atoms with Gasteiger partial charge in [-0.25, -0.2) is 4.98 Å². The van der Waals surface area contributed by atoms with Gasteiger partial charge in [0.1, 0.15) is 5.82 Å². The van der Waals surface area contributed by atoms with Gasteiger partial charge >= 0.3 is 0 Å². The number of nitrogens with zero attached hydrogens (tertiary/aromatic N) is 2. The van der Waals surface area contributed by atoms with Crippen LogP contribution >= 0.6 is 0 Å². The van der Waals surface area contributed by atoms with E-state index in [9.17, 15) is 4.79 Å². The summed E-state index contributed by atoms with van der Waals surface area (Å²) >= 11 is 0. The van der Waals surface area contributed by atoms with Crippen LogP contribution in [0.5, 0.6) is 0 Å². The quantitative estimate of drug-likeness (QED) is 0.645. The molecule has 0 aliphatic heterocycles. The van der Waals surface area contributed by atoms with Gasteiger partial charge in [0.2, 0.25) is 0 Å². The normalized spacial score (nSPS) is 11.0. The van der Waals surface area contributed by atoms with Crippen LogP contribution in [0.1, 0.15) is 46.6 Å². The second-order valence-electron chi connectivity index (χ2n) is 6.96. The van der Waals surface area contributed by atoms with Crippen LogP contribution in [-0.4, -0.2) is 22.0 Å². The van der Waals surface area contributed by atoms with Gasteiger partial charge in [0.25, 0.3) is 5.91 Å². The lowest BCUT2D eigenvalue weighted by molar-refractivity contribution is 0.0952. The molecular formula is C22H27N3O. The predicted molar refractivity (Wildman–Crippen MR) is 107 cm³/mol. The lowest BCUT2D eigenvalue weighted by atomic mass is 10.1. The number of imidazole rings is 1. The summed E-state index contributed by atoms with van der Waals surface area (Å²) in [6, 6.07) is 14.2. The number of benzene rings is 2. The molecule has 26 heavy (non-hydrogen) atoms. The molecule has 0 spiro atoms. The van der Waals surface area contributed by atoms with E-state index in [1.54, 1.807) is 0 Å². The number of rotatable bonds is 7. The van der Waals surface area contributed by atoms with Gasteiger partial charge in [0, 0.05) is 25.6 Å². The standard InChI is InChI=1S/C22H27N3O/c1-16-12-13-18(17(2)15-16)22(26)23-14-8-4-5-11-21-24-19-9-6-7-10-20(19)25(21)3/h6-7,9-10,12-13,15H,4-5,8,11,14H2,1-3H3,(H,23,26). The Kier molecular flexibility index (Phi) is 5.71. The summed E-state index contributed by atoms with van der Waals surface area (Å²) < 4.78 is 2.18. The van der Waals surface area contributed by atoms with Gasteiger partial charge in [0.05, 0.1) is 11.0 Å². The fourth-order valence-corrected chi connectivity index (χ4v) is 3.37. The largest absolute Gasteiger partial charge is 0.352 e. The van der Waals surface area contributed by atoms with Gasteiger partial charge in [0.15, 0.2) is 0 Å². The van der Waals surface area contributed by atoms with Crippen LogP contribution in [0.3, 0.4) is 0 Å². The fraction of sp³-hybridized carbons (Fsp3) is 0.364. The maximum atomic E-state index is 12.3. The number of aryl methyl sites for hydroxylation is 4. The Labute approximate surface area is 155 Å². The monoisotopic (exact) mass is 349 g/mol. The zero-order valence-corrected chi connectivity index (χ0v) is 15.9. The van der Waals surface area contributed by atoms with Crippen molar-refractivity contribution in [3.63, 3.8) is 0 Å². The SMILES string of the molecule is Cc1ccc(C(=O)NCCCCCc2nc3ccccc3n2C)c(C)c1. The molecule has 1 heterocycles. The molecule has 1 aromatic heterocycles. The van der Waals surface area contributed by atoms with Gasteiger partial charge in [-0.3, -0.25) is 4.79 Å². The molecule has 2 aromatic carbocycles. The van der Waals surface area contributed by atoms with Gasteiger partial charge in [-0.15, -0.1) is 0 Å². The minimum Gasteiger partial charge on any atom is -0.352 e. The molecule has 0 aliphatic rings. The van der Waals surface area contributed by atoms with Crippen molar-refractivity contribution in [2.24, 2.45) is 7.05 Å². The van der Waals surface area contributed by atoms with Gasteiger partial charge in [-0.2, -0.15) is 0 Å². The smallest absolute Gasteiger partial charge is 0.251 e. The minimum atomic E-state index is 0.0258. The summed E-state index contributed by atoms with van der Waals surface area (Å²) in [5.41, 5.74) is 5.23. The molecule has 0 atom stereocenters. The van der Waals surface area contributed by atoms with E-state index in [0.29, 0.717) is 6.54 Å². The molecule has 4 nitrogen and oxygen atoms in total. The molecule has 0 fully saturated rings. The van der Waals surface area contributed by atoms with Crippen molar-refractivity contribution in [1.82, 2.24) is 14.9 Å². The van der Waals surface area contributed by atoms with Crippen molar-refractivity contribution >= 4 is 16.9 Å². The third-order valence-corrected chi connectivity index (χ3v) is 4.87. The highest BCUT2D eigenvalue weighted by Gasteiger charge is 2.09. The highest BCUT2D eigenvalue weighted by molar-refractivity contribution is 5.95. The Morgan fingerprint density at radius 2 is 1.88 bits per heavy atom. The van der Waals surface area contributed by atoms with Crippen LogP contribution in [0.4, 0.5) is 0 Å². The van der Waals surface area contributed by atoms with E-state index < -0.39 is 0 Å². The molecule has 0 radical (unpaired) electrons. The van der Waals surface area contributed by atoms with Crippen LogP contribution in [0.2, 0.25) is 0 Å². The Morgan fingerprint density at radius 1 is 1.08 bits per heavy atom. The maximum absolute atomic E-state index is 12.3. The van der Waals surface area contributed by atoms with Crippen molar-refractivity contribution in [1.29, 1.82) is 0 Å². The first kappa shape index (κ1) is 18.2. The molecule has 136 valence electrons. The number of unbranched alkanes of at least 4 members (excludes halogenated alkanes) is 2. The average molecular weight is 349 g/mol. The van der Waals surface area contributed by atoms with Crippen LogP contribution in [0, 0.1) is 13.8 Å². The van der Waals surface area contributed by atoms with Crippen molar-refractivity contribution < 1.29 is 4.79 Å². The van der Waals surface area contributed by atoms with E-state index in [-0.39, 0.29) is 5.91 Å². The summed E-state index contributed by atoms with van der Waals surface area (Å²) in [6.07, 6.45) is 4.11. The molecule has 1 N–H and O–H groups in total. The predicted octanol–water partition coefficient (Wildman–Crippen LogP) is 4.33. The lowest BCUT2D eigenvalue weighted by Crippen LogP contribution is -2.25. The second-order valence-corrected chi connectivity index (χ2v) is 6.96. The number of aromatic nitrogens is 2. The van der Waals surface area contributed by atoms with Crippen LogP contribution in [-0.2, 0) is 13.5 Å². The number of hydrogen-bond donors (Lipinski definition) is 1. The summed E-state index contributed by atoms with van der Waals surface area (Å²) in [5, 5.41) is 3.03. The molecule has 4 heteroatoms. The van der Waals surface area contributed by atoms with E-state index >= 15 is 0 Å². The number of hydrogen-bond acceptors (Lipinski definition) is 2. The number of fused-ring (bicyclic) bond motifs is 1. The summed E-state index contributed by atoms with van der Waals surface area (Å²) in [4.78, 5) is 17.0. The van der Waals surface area contributed by atoms with Crippen LogP contribution < -0.4 is 5.32 Å². The maximum Gasteiger partial charge on any atom is 0.251 e. The molecule has 0 saturated heterocycles. The first-order chi connectivity index (χ1) is 12.6. The number of amides is 1. The highest BCUT2D eigenvalue weighted by atomic mass is 16.1. The third kappa shape index (κ3) is 4.13. The first-order valence-corrected chi connectivity index (χ1v) is 9.32. The Balaban J connectivity index is 1.41. The first-order valence-electron chi connectivity index (χ1n) is 9.32. The molecule has 0 saturated carbocycles. The zero-order valence-electron chi connectivity index (χ0n) is 15.9. The van der Waals surface area contributed by atoms with Crippen molar-refractivity contribution in [2.45, 2.75) is 39.5 Å². The summed E-state index contributed by atoms with van der Waals surface area (Å²) in [6.45, 7) is 4.74. The number of carbonyl (C=O) groups excluding carboxylic acids is 1. The molecule has 3 aromatic rings. The van der Waals surface area contributed by atoms with Crippen LogP contribution in [0.25, 0.3) is 11.0 Å². The average Bonchev–Trinajstić information content (AvgIpc) is 2.94. The molecule has 0 bridgehead atoms. The molecular weight excluding hydrogens is 322 g/mol.